The maximum atomic E-state index is 13.3. The van der Waals surface area contributed by atoms with Crippen LogP contribution in [0.25, 0.3) is 0 Å². The maximum absolute atomic E-state index is 13.3. The van der Waals surface area contributed by atoms with Crippen LogP contribution in [0.15, 0.2) is 47.4 Å². The van der Waals surface area contributed by atoms with E-state index in [1.807, 2.05) is 24.3 Å². The Labute approximate surface area is 116 Å². The number of anilines is 1. The van der Waals surface area contributed by atoms with E-state index in [-0.39, 0.29) is 10.6 Å². The predicted molar refractivity (Wildman–Crippen MR) is 73.7 cm³/mol. The molecule has 0 saturated heterocycles. The number of rotatable bonds is 2. The van der Waals surface area contributed by atoms with Gasteiger partial charge >= 0.3 is 0 Å². The van der Waals surface area contributed by atoms with Crippen LogP contribution in [0.5, 0.6) is 0 Å². The number of fused-ring (bicyclic) bond motifs is 1. The van der Waals surface area contributed by atoms with Gasteiger partial charge in [0, 0.05) is 18.8 Å². The van der Waals surface area contributed by atoms with E-state index in [4.69, 9.17) is 5.73 Å². The third-order valence-corrected chi connectivity index (χ3v) is 5.11. The molecule has 1 heterocycles. The molecule has 0 aromatic heterocycles. The minimum Gasteiger partial charge on any atom is -0.399 e. The van der Waals surface area contributed by atoms with Crippen LogP contribution in [0.3, 0.4) is 0 Å². The molecule has 0 amide bonds. The highest BCUT2D eigenvalue weighted by Gasteiger charge is 2.30. The lowest BCUT2D eigenvalue weighted by Crippen LogP contribution is -2.25. The van der Waals surface area contributed by atoms with Crippen LogP contribution >= 0.6 is 0 Å². The molecule has 0 radical (unpaired) electrons. The molecule has 1 aliphatic heterocycles. The van der Waals surface area contributed by atoms with Crippen molar-refractivity contribution < 1.29 is 12.8 Å². The number of hydrogen-bond acceptors (Lipinski definition) is 3. The lowest BCUT2D eigenvalue weighted by atomic mass is 10.1. The quantitative estimate of drug-likeness (QED) is 0.862. The summed E-state index contributed by atoms with van der Waals surface area (Å²) in [6, 6.07) is 10.9. The monoisotopic (exact) mass is 292 g/mol. The molecule has 6 heteroatoms. The summed E-state index contributed by atoms with van der Waals surface area (Å²) in [5, 5.41) is 0. The summed E-state index contributed by atoms with van der Waals surface area (Å²) in [5.74, 6) is -0.653. The first-order valence-electron chi connectivity index (χ1n) is 6.10. The van der Waals surface area contributed by atoms with E-state index >= 15 is 0 Å². The molecule has 1 aliphatic rings. The Bertz CT molecular complexity index is 729. The molecule has 3 rings (SSSR count). The van der Waals surface area contributed by atoms with E-state index in [1.165, 1.54) is 10.4 Å². The highest BCUT2D eigenvalue weighted by Crippen LogP contribution is 2.29. The van der Waals surface area contributed by atoms with Gasteiger partial charge in [-0.15, -0.1) is 0 Å². The number of halogens is 1. The summed E-state index contributed by atoms with van der Waals surface area (Å²) < 4.78 is 39.7. The van der Waals surface area contributed by atoms with Crippen LogP contribution in [-0.2, 0) is 23.1 Å². The van der Waals surface area contributed by atoms with E-state index in [2.05, 4.69) is 0 Å². The Kier molecular flexibility index (Phi) is 2.99. The molecular formula is C14H13FN2O2S. The zero-order valence-corrected chi connectivity index (χ0v) is 11.4. The smallest absolute Gasteiger partial charge is 0.243 e. The third kappa shape index (κ3) is 2.17. The van der Waals surface area contributed by atoms with Crippen molar-refractivity contribution in [3.63, 3.8) is 0 Å². The van der Waals surface area contributed by atoms with Crippen molar-refractivity contribution in [3.8, 4) is 0 Å². The molecule has 0 fully saturated rings. The first kappa shape index (κ1) is 13.1. The fraction of sp³-hybridized carbons (Fsp3) is 0.143. The normalized spacial score (nSPS) is 15.2. The molecular weight excluding hydrogens is 279 g/mol. The molecule has 0 atom stereocenters. The highest BCUT2D eigenvalue weighted by atomic mass is 32.2. The molecule has 20 heavy (non-hydrogen) atoms. The molecule has 0 unspecified atom stereocenters. The van der Waals surface area contributed by atoms with Gasteiger partial charge in [-0.25, -0.2) is 12.8 Å². The number of nitrogens with zero attached hydrogens (tertiary/aromatic N) is 1. The zero-order valence-electron chi connectivity index (χ0n) is 10.6. The fourth-order valence-electron chi connectivity index (χ4n) is 2.35. The maximum Gasteiger partial charge on any atom is 0.243 e. The van der Waals surface area contributed by atoms with Gasteiger partial charge in [-0.2, -0.15) is 4.31 Å². The Hall–Kier alpha value is -1.92. The number of nitrogen functional groups attached to an aromatic ring is 1. The average Bonchev–Trinajstić information content (AvgIpc) is 2.82. The van der Waals surface area contributed by atoms with Gasteiger partial charge in [0.25, 0.3) is 0 Å². The zero-order chi connectivity index (χ0) is 14.3. The molecule has 0 spiro atoms. The van der Waals surface area contributed by atoms with Crippen molar-refractivity contribution in [2.45, 2.75) is 18.0 Å². The van der Waals surface area contributed by atoms with E-state index in [0.29, 0.717) is 13.1 Å². The van der Waals surface area contributed by atoms with Gasteiger partial charge in [0.05, 0.1) is 4.90 Å². The SMILES string of the molecule is Nc1cc(F)cc(S(=O)(=O)N2Cc3ccccc3C2)c1. The first-order valence-corrected chi connectivity index (χ1v) is 7.54. The van der Waals surface area contributed by atoms with Gasteiger partial charge in [0.2, 0.25) is 10.0 Å². The van der Waals surface area contributed by atoms with Gasteiger partial charge < -0.3 is 5.73 Å². The minimum atomic E-state index is -3.74. The third-order valence-electron chi connectivity index (χ3n) is 3.34. The van der Waals surface area contributed by atoms with Gasteiger partial charge in [-0.1, -0.05) is 24.3 Å². The summed E-state index contributed by atoms with van der Waals surface area (Å²) >= 11 is 0. The molecule has 0 bridgehead atoms. The van der Waals surface area contributed by atoms with Gasteiger partial charge in [-0.3, -0.25) is 0 Å². The fourth-order valence-corrected chi connectivity index (χ4v) is 3.82. The summed E-state index contributed by atoms with van der Waals surface area (Å²) in [7, 11) is -3.74. The Morgan fingerprint density at radius 3 is 2.20 bits per heavy atom. The minimum absolute atomic E-state index is 0.0975. The van der Waals surface area contributed by atoms with Gasteiger partial charge in [0.1, 0.15) is 5.82 Å². The number of sulfonamides is 1. The topological polar surface area (TPSA) is 63.4 Å². The van der Waals surface area contributed by atoms with Gasteiger partial charge in [0.15, 0.2) is 0 Å². The van der Waals surface area contributed by atoms with Crippen molar-refractivity contribution in [2.75, 3.05) is 5.73 Å². The van der Waals surface area contributed by atoms with Crippen LogP contribution in [0.4, 0.5) is 10.1 Å². The van der Waals surface area contributed by atoms with Crippen molar-refractivity contribution in [2.24, 2.45) is 0 Å². The Morgan fingerprint density at radius 1 is 1.05 bits per heavy atom. The van der Waals surface area contributed by atoms with Crippen LogP contribution in [0.2, 0.25) is 0 Å². The lowest BCUT2D eigenvalue weighted by molar-refractivity contribution is 0.431. The lowest BCUT2D eigenvalue weighted by Gasteiger charge is -2.16. The standard InChI is InChI=1S/C14H13FN2O2S/c15-12-5-13(16)7-14(6-12)20(18,19)17-8-10-3-1-2-4-11(10)9-17/h1-7H,8-9,16H2. The summed E-state index contributed by atoms with van der Waals surface area (Å²) in [6.07, 6.45) is 0. The molecule has 4 nitrogen and oxygen atoms in total. The molecule has 0 aliphatic carbocycles. The summed E-state index contributed by atoms with van der Waals surface area (Å²) in [6.45, 7) is 0.601. The average molecular weight is 292 g/mol. The van der Waals surface area contributed by atoms with E-state index in [1.54, 1.807) is 0 Å². The number of hydrogen-bond donors (Lipinski definition) is 1. The Morgan fingerprint density at radius 2 is 1.65 bits per heavy atom. The molecule has 104 valence electrons. The van der Waals surface area contributed by atoms with Gasteiger partial charge in [-0.05, 0) is 29.3 Å². The highest BCUT2D eigenvalue weighted by molar-refractivity contribution is 7.89. The second-order valence-corrected chi connectivity index (χ2v) is 6.70. The summed E-state index contributed by atoms with van der Waals surface area (Å²) in [5.41, 5.74) is 7.56. The molecule has 2 N–H and O–H groups in total. The van der Waals surface area contributed by atoms with Crippen molar-refractivity contribution in [3.05, 3.63) is 59.4 Å². The van der Waals surface area contributed by atoms with Crippen LogP contribution < -0.4 is 5.73 Å². The van der Waals surface area contributed by atoms with E-state index < -0.39 is 15.8 Å². The first-order chi connectivity index (χ1) is 9.46. The molecule has 0 saturated carbocycles. The second kappa shape index (κ2) is 4.57. The second-order valence-electron chi connectivity index (χ2n) is 4.76. The molecule has 2 aromatic rings. The van der Waals surface area contributed by atoms with E-state index in [9.17, 15) is 12.8 Å². The van der Waals surface area contributed by atoms with Crippen LogP contribution in [-0.4, -0.2) is 12.7 Å². The van der Waals surface area contributed by atoms with E-state index in [0.717, 1.165) is 23.3 Å². The largest absolute Gasteiger partial charge is 0.399 e. The van der Waals surface area contributed by atoms with Crippen molar-refractivity contribution in [1.29, 1.82) is 0 Å². The van der Waals surface area contributed by atoms with Crippen molar-refractivity contribution >= 4 is 15.7 Å². The summed E-state index contributed by atoms with van der Waals surface area (Å²) in [4.78, 5) is -0.109. The Balaban J connectivity index is 1.98. The van der Waals surface area contributed by atoms with Crippen molar-refractivity contribution in [1.82, 2.24) is 4.31 Å². The number of nitrogens with two attached hydrogens (primary N) is 1. The molecule has 2 aromatic carbocycles. The number of benzene rings is 2. The van der Waals surface area contributed by atoms with Crippen LogP contribution in [0.1, 0.15) is 11.1 Å². The predicted octanol–water partition coefficient (Wildman–Crippen LogP) is 2.11. The van der Waals surface area contributed by atoms with Crippen LogP contribution in [0, 0.1) is 5.82 Å².